The minimum absolute atomic E-state index is 0.0308. The number of hydrogen-bond donors (Lipinski definition) is 3. The lowest BCUT2D eigenvalue weighted by Crippen LogP contribution is -2.33. The van der Waals surface area contributed by atoms with Crippen molar-refractivity contribution in [3.8, 4) is 0 Å². The van der Waals surface area contributed by atoms with Gasteiger partial charge in [-0.3, -0.25) is 15.1 Å². The van der Waals surface area contributed by atoms with Crippen LogP contribution in [0, 0.1) is 10.1 Å². The van der Waals surface area contributed by atoms with Gasteiger partial charge in [0.2, 0.25) is 0 Å². The van der Waals surface area contributed by atoms with Crippen LogP contribution in [0.3, 0.4) is 0 Å². The lowest BCUT2D eigenvalue weighted by molar-refractivity contribution is -0.383. The molecule has 0 saturated carbocycles. The van der Waals surface area contributed by atoms with Crippen molar-refractivity contribution >= 4 is 28.2 Å². The Labute approximate surface area is 114 Å². The normalized spacial score (nSPS) is 10.2. The molecule has 1 aromatic heterocycles. The van der Waals surface area contributed by atoms with Gasteiger partial charge in [0.1, 0.15) is 0 Å². The van der Waals surface area contributed by atoms with Crippen LogP contribution in [0.25, 0.3) is 10.8 Å². The van der Waals surface area contributed by atoms with E-state index >= 15 is 0 Å². The van der Waals surface area contributed by atoms with E-state index in [-0.39, 0.29) is 5.69 Å². The predicted molar refractivity (Wildman–Crippen MR) is 74.5 cm³/mol. The number of carbonyl (C=O) groups excluding carboxylic acids is 1. The summed E-state index contributed by atoms with van der Waals surface area (Å²) in [6.07, 6.45) is 3.07. The minimum atomic E-state index is -0.595. The molecule has 104 valence electrons. The summed E-state index contributed by atoms with van der Waals surface area (Å²) in [5.74, 6) is 0. The summed E-state index contributed by atoms with van der Waals surface area (Å²) in [7, 11) is 0. The maximum atomic E-state index is 11.0. The minimum Gasteiger partial charge on any atom is -0.383 e. The molecule has 0 unspecified atom stereocenters. The Bertz CT molecular complexity index is 659. The monoisotopic (exact) mass is 275 g/mol. The molecule has 2 rings (SSSR count). The molecule has 4 N–H and O–H groups in total. The number of aromatic nitrogens is 1. The van der Waals surface area contributed by atoms with E-state index < -0.39 is 11.0 Å². The fourth-order valence-corrected chi connectivity index (χ4v) is 1.87. The van der Waals surface area contributed by atoms with Gasteiger partial charge >= 0.3 is 6.03 Å². The number of nitrogens with two attached hydrogens (primary N) is 1. The number of fused-ring (bicyclic) bond motifs is 1. The Morgan fingerprint density at radius 1 is 1.30 bits per heavy atom. The SMILES string of the molecule is NC(=O)NCCNc1ccc([N+](=O)[O-])c2ccncc12. The summed E-state index contributed by atoms with van der Waals surface area (Å²) in [4.78, 5) is 25.1. The van der Waals surface area contributed by atoms with Crippen LogP contribution in [0.5, 0.6) is 0 Å². The van der Waals surface area contributed by atoms with E-state index in [1.807, 2.05) is 0 Å². The van der Waals surface area contributed by atoms with Gasteiger partial charge in [-0.1, -0.05) is 0 Å². The number of nitrogens with zero attached hydrogens (tertiary/aromatic N) is 2. The van der Waals surface area contributed by atoms with E-state index in [1.54, 1.807) is 18.3 Å². The highest BCUT2D eigenvalue weighted by Crippen LogP contribution is 2.30. The summed E-state index contributed by atoms with van der Waals surface area (Å²) in [5.41, 5.74) is 5.70. The van der Waals surface area contributed by atoms with Crippen molar-refractivity contribution in [2.24, 2.45) is 5.73 Å². The zero-order valence-corrected chi connectivity index (χ0v) is 10.5. The highest BCUT2D eigenvalue weighted by molar-refractivity contribution is 5.99. The molecule has 1 heterocycles. The highest BCUT2D eigenvalue weighted by atomic mass is 16.6. The fourth-order valence-electron chi connectivity index (χ4n) is 1.87. The smallest absolute Gasteiger partial charge is 0.312 e. The molecule has 0 radical (unpaired) electrons. The molecular weight excluding hydrogens is 262 g/mol. The number of carbonyl (C=O) groups is 1. The largest absolute Gasteiger partial charge is 0.383 e. The lowest BCUT2D eigenvalue weighted by atomic mass is 10.1. The standard InChI is InChI=1S/C12H13N5O3/c13-12(18)16-6-5-15-10-1-2-11(17(19)20)8-3-4-14-7-9(8)10/h1-4,7,15H,5-6H2,(H3,13,16,18). The molecule has 0 atom stereocenters. The van der Waals surface area contributed by atoms with Crippen LogP contribution in [0.2, 0.25) is 0 Å². The third-order valence-electron chi connectivity index (χ3n) is 2.73. The van der Waals surface area contributed by atoms with Gasteiger partial charge in [0.05, 0.1) is 10.3 Å². The van der Waals surface area contributed by atoms with E-state index in [1.165, 1.54) is 12.3 Å². The van der Waals surface area contributed by atoms with E-state index in [9.17, 15) is 14.9 Å². The van der Waals surface area contributed by atoms with Crippen LogP contribution in [-0.2, 0) is 0 Å². The predicted octanol–water partition coefficient (Wildman–Crippen LogP) is 1.22. The van der Waals surface area contributed by atoms with Crippen LogP contribution in [-0.4, -0.2) is 29.0 Å². The Morgan fingerprint density at radius 3 is 2.80 bits per heavy atom. The van der Waals surface area contributed by atoms with Gasteiger partial charge in [0.15, 0.2) is 0 Å². The molecular formula is C12H13N5O3. The van der Waals surface area contributed by atoms with Crippen molar-refractivity contribution in [1.29, 1.82) is 0 Å². The van der Waals surface area contributed by atoms with Crippen LogP contribution in [0.4, 0.5) is 16.2 Å². The van der Waals surface area contributed by atoms with Crippen LogP contribution in [0.1, 0.15) is 0 Å². The third-order valence-corrected chi connectivity index (χ3v) is 2.73. The van der Waals surface area contributed by atoms with Crippen molar-refractivity contribution < 1.29 is 9.72 Å². The van der Waals surface area contributed by atoms with Crippen LogP contribution >= 0.6 is 0 Å². The first-order chi connectivity index (χ1) is 9.59. The van der Waals surface area contributed by atoms with Gasteiger partial charge in [-0.15, -0.1) is 0 Å². The summed E-state index contributed by atoms with van der Waals surface area (Å²) in [5, 5.41) is 17.7. The number of rotatable bonds is 5. The van der Waals surface area contributed by atoms with Gasteiger partial charge in [0, 0.05) is 42.6 Å². The Balaban J connectivity index is 2.24. The van der Waals surface area contributed by atoms with E-state index in [4.69, 9.17) is 5.73 Å². The summed E-state index contributed by atoms with van der Waals surface area (Å²) < 4.78 is 0. The Kier molecular flexibility index (Phi) is 3.94. The first-order valence-corrected chi connectivity index (χ1v) is 5.88. The first kappa shape index (κ1) is 13.5. The molecule has 8 heteroatoms. The molecule has 2 amide bonds. The number of primary amides is 1. The Hall–Kier alpha value is -2.90. The molecule has 0 aliphatic heterocycles. The molecule has 8 nitrogen and oxygen atoms in total. The van der Waals surface area contributed by atoms with Crippen LogP contribution in [0.15, 0.2) is 30.6 Å². The van der Waals surface area contributed by atoms with E-state index in [0.717, 1.165) is 0 Å². The number of nitro groups is 1. The number of urea groups is 1. The quantitative estimate of drug-likeness (QED) is 0.430. The lowest BCUT2D eigenvalue weighted by Gasteiger charge is -2.09. The van der Waals surface area contributed by atoms with Crippen molar-refractivity contribution in [2.45, 2.75) is 0 Å². The zero-order valence-electron chi connectivity index (χ0n) is 10.5. The van der Waals surface area contributed by atoms with Gasteiger partial charge in [-0.2, -0.15) is 0 Å². The molecule has 0 fully saturated rings. The number of nitro benzene ring substituents is 1. The number of pyridine rings is 1. The van der Waals surface area contributed by atoms with Gasteiger partial charge in [-0.25, -0.2) is 4.79 Å². The number of nitrogens with one attached hydrogen (secondary N) is 2. The fraction of sp³-hybridized carbons (Fsp3) is 0.167. The topological polar surface area (TPSA) is 123 Å². The molecule has 1 aromatic carbocycles. The molecule has 0 aliphatic rings. The molecule has 0 spiro atoms. The number of benzene rings is 1. The van der Waals surface area contributed by atoms with Gasteiger partial charge in [0.25, 0.3) is 5.69 Å². The summed E-state index contributed by atoms with van der Waals surface area (Å²) in [6, 6.07) is 4.06. The number of amides is 2. The van der Waals surface area contributed by atoms with Gasteiger partial charge < -0.3 is 16.4 Å². The number of hydrogen-bond acceptors (Lipinski definition) is 5. The first-order valence-electron chi connectivity index (χ1n) is 5.88. The summed E-state index contributed by atoms with van der Waals surface area (Å²) in [6.45, 7) is 0.804. The molecule has 20 heavy (non-hydrogen) atoms. The van der Waals surface area contributed by atoms with Gasteiger partial charge in [-0.05, 0) is 12.1 Å². The second kappa shape index (κ2) is 5.83. The summed E-state index contributed by atoms with van der Waals surface area (Å²) >= 11 is 0. The highest BCUT2D eigenvalue weighted by Gasteiger charge is 2.13. The van der Waals surface area contributed by atoms with Crippen molar-refractivity contribution in [3.63, 3.8) is 0 Å². The van der Waals surface area contributed by atoms with Crippen LogP contribution < -0.4 is 16.4 Å². The molecule has 0 bridgehead atoms. The molecule has 0 saturated heterocycles. The molecule has 0 aliphatic carbocycles. The average Bonchev–Trinajstić information content (AvgIpc) is 2.43. The second-order valence-corrected chi connectivity index (χ2v) is 4.03. The molecule has 2 aromatic rings. The Morgan fingerprint density at radius 2 is 2.10 bits per heavy atom. The maximum absolute atomic E-state index is 11.0. The van der Waals surface area contributed by atoms with E-state index in [2.05, 4.69) is 15.6 Å². The number of non-ortho nitro benzene ring substituents is 1. The third kappa shape index (κ3) is 2.91. The van der Waals surface area contributed by atoms with Crippen molar-refractivity contribution in [1.82, 2.24) is 10.3 Å². The maximum Gasteiger partial charge on any atom is 0.312 e. The van der Waals surface area contributed by atoms with Crippen molar-refractivity contribution in [3.05, 3.63) is 40.7 Å². The average molecular weight is 275 g/mol. The van der Waals surface area contributed by atoms with Crippen molar-refractivity contribution in [2.75, 3.05) is 18.4 Å². The number of anilines is 1. The zero-order chi connectivity index (χ0) is 14.5. The van der Waals surface area contributed by atoms with E-state index in [0.29, 0.717) is 29.5 Å². The second-order valence-electron chi connectivity index (χ2n) is 4.03.